The van der Waals surface area contributed by atoms with Crippen LogP contribution in [0.2, 0.25) is 0 Å². The maximum absolute atomic E-state index is 13.2. The third-order valence-corrected chi connectivity index (χ3v) is 7.12. The summed E-state index contributed by atoms with van der Waals surface area (Å²) < 4.78 is 3.40. The minimum atomic E-state index is -0.127. The van der Waals surface area contributed by atoms with Gasteiger partial charge >= 0.3 is 0 Å². The van der Waals surface area contributed by atoms with Gasteiger partial charge in [-0.2, -0.15) is 10.2 Å². The number of aryl methyl sites for hydroxylation is 2. The van der Waals surface area contributed by atoms with Crippen LogP contribution in [-0.2, 0) is 24.8 Å². The number of benzene rings is 1. The highest BCUT2D eigenvalue weighted by Crippen LogP contribution is 2.23. The second kappa shape index (κ2) is 10.9. The molecule has 1 amide bonds. The first-order valence-corrected chi connectivity index (χ1v) is 12.4. The van der Waals surface area contributed by atoms with Gasteiger partial charge in [0.1, 0.15) is 0 Å². The zero-order valence-electron chi connectivity index (χ0n) is 21.3. The molecule has 0 radical (unpaired) electrons. The Morgan fingerprint density at radius 1 is 1.20 bits per heavy atom. The number of amides is 1. The van der Waals surface area contributed by atoms with Crippen molar-refractivity contribution in [1.82, 2.24) is 24.5 Å². The molecule has 0 unspecified atom stereocenters. The van der Waals surface area contributed by atoms with Gasteiger partial charge in [-0.25, -0.2) is 4.68 Å². The summed E-state index contributed by atoms with van der Waals surface area (Å²) in [7, 11) is 3.87. The van der Waals surface area contributed by atoms with E-state index in [9.17, 15) is 9.59 Å². The quantitative estimate of drug-likeness (QED) is 0.500. The van der Waals surface area contributed by atoms with Crippen molar-refractivity contribution in [2.24, 2.45) is 13.0 Å². The molecule has 0 spiro atoms. The summed E-state index contributed by atoms with van der Waals surface area (Å²) in [6.45, 7) is 6.76. The van der Waals surface area contributed by atoms with Gasteiger partial charge in [0.25, 0.3) is 5.56 Å². The second-order valence-corrected chi connectivity index (χ2v) is 9.62. The number of aromatic nitrogens is 4. The van der Waals surface area contributed by atoms with E-state index in [1.165, 1.54) is 15.9 Å². The van der Waals surface area contributed by atoms with Gasteiger partial charge in [0.05, 0.1) is 30.0 Å². The summed E-state index contributed by atoms with van der Waals surface area (Å²) in [6.07, 6.45) is 5.38. The number of carbonyl (C=O) groups is 1. The molecule has 35 heavy (non-hydrogen) atoms. The van der Waals surface area contributed by atoms with Gasteiger partial charge in [-0.15, -0.1) is 0 Å². The fraction of sp³-hybridized carbons (Fsp3) is 0.481. The Hall–Kier alpha value is -3.42. The number of piperidine rings is 1. The van der Waals surface area contributed by atoms with Crippen molar-refractivity contribution in [2.45, 2.75) is 46.1 Å². The molecule has 3 heterocycles. The first-order valence-electron chi connectivity index (χ1n) is 12.4. The molecule has 0 N–H and O–H groups in total. The van der Waals surface area contributed by atoms with Gasteiger partial charge in [-0.05, 0) is 50.7 Å². The van der Waals surface area contributed by atoms with Crippen LogP contribution in [0.25, 0.3) is 0 Å². The van der Waals surface area contributed by atoms with E-state index >= 15 is 0 Å². The van der Waals surface area contributed by atoms with Crippen LogP contribution in [0.15, 0.2) is 47.4 Å². The van der Waals surface area contributed by atoms with E-state index in [1.807, 2.05) is 60.9 Å². The summed E-state index contributed by atoms with van der Waals surface area (Å²) in [6, 6.07) is 11.5. The molecule has 0 bridgehead atoms. The third kappa shape index (κ3) is 5.81. The van der Waals surface area contributed by atoms with Gasteiger partial charge in [-0.1, -0.05) is 30.3 Å². The van der Waals surface area contributed by atoms with Crippen molar-refractivity contribution in [2.75, 3.05) is 31.6 Å². The Bertz CT molecular complexity index is 1220. The first-order chi connectivity index (χ1) is 16.8. The Morgan fingerprint density at radius 3 is 2.66 bits per heavy atom. The summed E-state index contributed by atoms with van der Waals surface area (Å²) >= 11 is 0. The van der Waals surface area contributed by atoms with E-state index in [2.05, 4.69) is 22.0 Å². The number of hydrogen-bond donors (Lipinski definition) is 0. The van der Waals surface area contributed by atoms with Gasteiger partial charge in [-0.3, -0.25) is 14.3 Å². The molecule has 1 aromatic carbocycles. The summed E-state index contributed by atoms with van der Waals surface area (Å²) in [5.41, 5.74) is 5.25. The van der Waals surface area contributed by atoms with Crippen LogP contribution >= 0.6 is 0 Å². The van der Waals surface area contributed by atoms with E-state index in [-0.39, 0.29) is 17.4 Å². The van der Waals surface area contributed by atoms with Crippen LogP contribution in [0.1, 0.15) is 41.8 Å². The molecule has 8 heteroatoms. The van der Waals surface area contributed by atoms with Crippen molar-refractivity contribution in [3.8, 4) is 0 Å². The average Bonchev–Trinajstić information content (AvgIpc) is 3.11. The number of hydrogen-bond acceptors (Lipinski definition) is 5. The Morgan fingerprint density at radius 2 is 1.97 bits per heavy atom. The molecular formula is C27H36N6O2. The molecule has 0 saturated carbocycles. The van der Waals surface area contributed by atoms with Crippen LogP contribution in [-0.4, -0.2) is 57.1 Å². The first kappa shape index (κ1) is 24.7. The van der Waals surface area contributed by atoms with Crippen LogP contribution in [0.4, 0.5) is 5.69 Å². The van der Waals surface area contributed by atoms with Crippen molar-refractivity contribution >= 4 is 11.6 Å². The standard InChI is InChI=1S/C27H36N6O2/c1-20-25(21(2)31(4)29-20)13-9-14-30(3)27(35)23-12-8-15-32(19-23)24-16-26(34)33(28-17-24)18-22-10-6-5-7-11-22/h5-7,10-11,16-17,23H,8-9,12-15,18-19H2,1-4H3/t23-/m0/s1. The normalized spacial score (nSPS) is 15.9. The fourth-order valence-corrected chi connectivity index (χ4v) is 4.98. The zero-order chi connectivity index (χ0) is 24.9. The van der Waals surface area contributed by atoms with E-state index in [0.717, 1.165) is 55.7 Å². The van der Waals surface area contributed by atoms with Crippen LogP contribution in [0.3, 0.4) is 0 Å². The van der Waals surface area contributed by atoms with Gasteiger partial charge in [0.15, 0.2) is 0 Å². The SMILES string of the molecule is Cc1nn(C)c(C)c1CCCN(C)C(=O)[C@H]1CCCN(c2cnn(Cc3ccccc3)c(=O)c2)C1. The zero-order valence-corrected chi connectivity index (χ0v) is 21.3. The third-order valence-electron chi connectivity index (χ3n) is 7.12. The van der Waals surface area contributed by atoms with Crippen molar-refractivity contribution in [3.63, 3.8) is 0 Å². The topological polar surface area (TPSA) is 76.3 Å². The maximum Gasteiger partial charge on any atom is 0.269 e. The fourth-order valence-electron chi connectivity index (χ4n) is 4.98. The van der Waals surface area contributed by atoms with Crippen molar-refractivity contribution < 1.29 is 4.79 Å². The molecule has 8 nitrogen and oxygen atoms in total. The van der Waals surface area contributed by atoms with E-state index in [0.29, 0.717) is 13.1 Å². The monoisotopic (exact) mass is 476 g/mol. The summed E-state index contributed by atoms with van der Waals surface area (Å²) in [5.74, 6) is 0.113. The van der Waals surface area contributed by atoms with E-state index in [1.54, 1.807) is 12.3 Å². The van der Waals surface area contributed by atoms with Crippen molar-refractivity contribution in [3.05, 3.63) is 75.5 Å². The maximum atomic E-state index is 13.2. The molecule has 3 aromatic rings. The predicted molar refractivity (Wildman–Crippen MR) is 138 cm³/mol. The lowest BCUT2D eigenvalue weighted by molar-refractivity contribution is -0.134. The lowest BCUT2D eigenvalue weighted by Crippen LogP contribution is -2.44. The second-order valence-electron chi connectivity index (χ2n) is 9.62. The molecule has 1 aliphatic heterocycles. The molecule has 1 atom stereocenters. The lowest BCUT2D eigenvalue weighted by Gasteiger charge is -2.35. The highest BCUT2D eigenvalue weighted by atomic mass is 16.2. The molecule has 2 aromatic heterocycles. The molecule has 1 fully saturated rings. The molecule has 1 aliphatic rings. The summed E-state index contributed by atoms with van der Waals surface area (Å²) in [5, 5.41) is 8.89. The largest absolute Gasteiger partial charge is 0.369 e. The molecule has 186 valence electrons. The molecular weight excluding hydrogens is 440 g/mol. The number of rotatable bonds is 8. The molecule has 1 saturated heterocycles. The van der Waals surface area contributed by atoms with Crippen LogP contribution in [0.5, 0.6) is 0 Å². The number of anilines is 1. The number of nitrogens with zero attached hydrogens (tertiary/aromatic N) is 6. The molecule has 4 rings (SSSR count). The van der Waals surface area contributed by atoms with Gasteiger partial charge in [0.2, 0.25) is 5.91 Å². The Kier molecular flexibility index (Phi) is 7.68. The van der Waals surface area contributed by atoms with Crippen LogP contribution < -0.4 is 10.5 Å². The van der Waals surface area contributed by atoms with Crippen LogP contribution in [0, 0.1) is 19.8 Å². The van der Waals surface area contributed by atoms with E-state index in [4.69, 9.17) is 0 Å². The minimum absolute atomic E-state index is 0.0673. The van der Waals surface area contributed by atoms with E-state index < -0.39 is 0 Å². The van der Waals surface area contributed by atoms with Gasteiger partial charge in [0, 0.05) is 45.5 Å². The van der Waals surface area contributed by atoms with Gasteiger partial charge < -0.3 is 9.80 Å². The minimum Gasteiger partial charge on any atom is -0.369 e. The van der Waals surface area contributed by atoms with Crippen molar-refractivity contribution in [1.29, 1.82) is 0 Å². The highest BCUT2D eigenvalue weighted by molar-refractivity contribution is 5.79. The average molecular weight is 477 g/mol. The highest BCUT2D eigenvalue weighted by Gasteiger charge is 2.28. The smallest absolute Gasteiger partial charge is 0.269 e. The Balaban J connectivity index is 1.33. The molecule has 0 aliphatic carbocycles. The summed E-state index contributed by atoms with van der Waals surface area (Å²) in [4.78, 5) is 29.9. The number of carbonyl (C=O) groups excluding carboxylic acids is 1. The predicted octanol–water partition coefficient (Wildman–Crippen LogP) is 2.95. The Labute approximate surface area is 207 Å². The lowest BCUT2D eigenvalue weighted by atomic mass is 9.96.